The third-order valence-corrected chi connectivity index (χ3v) is 4.15. The van der Waals surface area contributed by atoms with Crippen LogP contribution in [-0.2, 0) is 10.0 Å². The molecule has 8 heteroatoms. The van der Waals surface area contributed by atoms with Crippen molar-refractivity contribution in [3.63, 3.8) is 0 Å². The summed E-state index contributed by atoms with van der Waals surface area (Å²) in [5, 5.41) is 0. The second kappa shape index (κ2) is 4.67. The highest BCUT2D eigenvalue weighted by molar-refractivity contribution is 7.89. The number of alkyl halides is 2. The SMILES string of the molecule is NC(=S)C1CCCCN1S(=O)(=O)C(F)F. The molecule has 1 fully saturated rings. The summed E-state index contributed by atoms with van der Waals surface area (Å²) in [6.45, 7) is 0.0642. The number of nitrogens with zero attached hydrogens (tertiary/aromatic N) is 1. The Balaban J connectivity index is 2.95. The van der Waals surface area contributed by atoms with E-state index < -0.39 is 21.8 Å². The fraction of sp³-hybridized carbons (Fsp3) is 0.857. The van der Waals surface area contributed by atoms with Crippen molar-refractivity contribution in [3.05, 3.63) is 0 Å². The highest BCUT2D eigenvalue weighted by Gasteiger charge is 2.39. The molecule has 1 aliphatic rings. The van der Waals surface area contributed by atoms with E-state index in [1.54, 1.807) is 0 Å². The summed E-state index contributed by atoms with van der Waals surface area (Å²) in [4.78, 5) is -0.0427. The van der Waals surface area contributed by atoms with Crippen LogP contribution in [0.2, 0.25) is 0 Å². The third-order valence-electron chi connectivity index (χ3n) is 2.33. The van der Waals surface area contributed by atoms with E-state index in [-0.39, 0.29) is 11.5 Å². The van der Waals surface area contributed by atoms with Crippen LogP contribution in [0, 0.1) is 0 Å². The molecule has 88 valence electrons. The Morgan fingerprint density at radius 1 is 1.47 bits per heavy atom. The van der Waals surface area contributed by atoms with Gasteiger partial charge < -0.3 is 5.73 Å². The molecule has 0 amide bonds. The molecule has 4 nitrogen and oxygen atoms in total. The molecule has 1 heterocycles. The summed E-state index contributed by atoms with van der Waals surface area (Å²) >= 11 is 4.67. The van der Waals surface area contributed by atoms with Crippen molar-refractivity contribution >= 4 is 27.2 Å². The quantitative estimate of drug-likeness (QED) is 0.756. The van der Waals surface area contributed by atoms with Gasteiger partial charge in [-0.2, -0.15) is 13.1 Å². The first-order chi connectivity index (χ1) is 6.87. The lowest BCUT2D eigenvalue weighted by molar-refractivity contribution is 0.207. The fourth-order valence-corrected chi connectivity index (χ4v) is 3.07. The van der Waals surface area contributed by atoms with Gasteiger partial charge in [-0.15, -0.1) is 0 Å². The van der Waals surface area contributed by atoms with Crippen molar-refractivity contribution in [2.24, 2.45) is 5.73 Å². The molecular weight excluding hydrogens is 246 g/mol. The van der Waals surface area contributed by atoms with Gasteiger partial charge in [-0.25, -0.2) is 8.42 Å². The summed E-state index contributed by atoms with van der Waals surface area (Å²) in [5.41, 5.74) is 5.33. The average molecular weight is 258 g/mol. The molecule has 1 rings (SSSR count). The molecule has 0 saturated carbocycles. The Morgan fingerprint density at radius 3 is 2.53 bits per heavy atom. The van der Waals surface area contributed by atoms with Gasteiger partial charge in [-0.3, -0.25) is 0 Å². The summed E-state index contributed by atoms with van der Waals surface area (Å²) in [6, 6.07) is -0.757. The van der Waals surface area contributed by atoms with E-state index in [2.05, 4.69) is 12.2 Å². The highest BCUT2D eigenvalue weighted by atomic mass is 32.2. The predicted molar refractivity (Wildman–Crippen MR) is 56.1 cm³/mol. The Kier molecular flexibility index (Phi) is 3.96. The molecule has 0 aliphatic carbocycles. The lowest BCUT2D eigenvalue weighted by Crippen LogP contribution is -2.51. The number of hydrogen-bond acceptors (Lipinski definition) is 3. The monoisotopic (exact) mass is 258 g/mol. The first-order valence-electron chi connectivity index (χ1n) is 4.45. The van der Waals surface area contributed by atoms with Gasteiger partial charge in [0.15, 0.2) is 0 Å². The van der Waals surface area contributed by atoms with Gasteiger partial charge in [0.2, 0.25) is 0 Å². The highest BCUT2D eigenvalue weighted by Crippen LogP contribution is 2.24. The summed E-state index contributed by atoms with van der Waals surface area (Å²) < 4.78 is 47.9. The van der Waals surface area contributed by atoms with Crippen molar-refractivity contribution in [1.29, 1.82) is 0 Å². The molecule has 2 N–H and O–H groups in total. The minimum Gasteiger partial charge on any atom is -0.392 e. The summed E-state index contributed by atoms with van der Waals surface area (Å²) in [6.07, 6.45) is 1.73. The number of thiocarbonyl (C=S) groups is 1. The Morgan fingerprint density at radius 2 is 2.07 bits per heavy atom. The van der Waals surface area contributed by atoms with Crippen molar-refractivity contribution in [2.45, 2.75) is 31.1 Å². The second-order valence-corrected chi connectivity index (χ2v) is 5.66. The molecule has 0 spiro atoms. The van der Waals surface area contributed by atoms with E-state index in [0.29, 0.717) is 12.8 Å². The van der Waals surface area contributed by atoms with Crippen LogP contribution < -0.4 is 5.73 Å². The molecule has 0 bridgehead atoms. The van der Waals surface area contributed by atoms with Crippen LogP contribution >= 0.6 is 12.2 Å². The van der Waals surface area contributed by atoms with E-state index >= 15 is 0 Å². The molecule has 1 unspecified atom stereocenters. The van der Waals surface area contributed by atoms with E-state index in [1.165, 1.54) is 0 Å². The normalized spacial score (nSPS) is 24.3. The zero-order chi connectivity index (χ0) is 11.6. The van der Waals surface area contributed by atoms with Crippen molar-refractivity contribution in [3.8, 4) is 0 Å². The zero-order valence-electron chi connectivity index (χ0n) is 7.90. The molecular formula is C7H12F2N2O2S2. The van der Waals surface area contributed by atoms with Crippen LogP contribution in [-0.4, -0.2) is 36.1 Å². The van der Waals surface area contributed by atoms with Crippen molar-refractivity contribution in [1.82, 2.24) is 4.31 Å². The van der Waals surface area contributed by atoms with Crippen LogP contribution in [0.4, 0.5) is 8.78 Å². The summed E-state index contributed by atoms with van der Waals surface area (Å²) in [7, 11) is -4.56. The van der Waals surface area contributed by atoms with Crippen LogP contribution in [0.1, 0.15) is 19.3 Å². The van der Waals surface area contributed by atoms with Crippen molar-refractivity contribution < 1.29 is 17.2 Å². The smallest absolute Gasteiger partial charge is 0.350 e. The number of halogens is 2. The number of hydrogen-bond donors (Lipinski definition) is 1. The van der Waals surface area contributed by atoms with Gasteiger partial charge in [-0.1, -0.05) is 18.6 Å². The molecule has 0 radical (unpaired) electrons. The van der Waals surface area contributed by atoms with E-state index in [1.807, 2.05) is 0 Å². The van der Waals surface area contributed by atoms with Gasteiger partial charge >= 0.3 is 5.76 Å². The Bertz CT molecular complexity index is 345. The lowest BCUT2D eigenvalue weighted by atomic mass is 10.1. The molecule has 1 aliphatic heterocycles. The average Bonchev–Trinajstić information content (AvgIpc) is 2.17. The Hall–Kier alpha value is -0.340. The number of sulfonamides is 1. The second-order valence-electron chi connectivity index (χ2n) is 3.33. The molecule has 0 aromatic carbocycles. The summed E-state index contributed by atoms with van der Waals surface area (Å²) in [5.74, 6) is -3.41. The minimum atomic E-state index is -4.56. The minimum absolute atomic E-state index is 0.0427. The largest absolute Gasteiger partial charge is 0.392 e. The topological polar surface area (TPSA) is 63.4 Å². The van der Waals surface area contributed by atoms with Crippen LogP contribution in [0.3, 0.4) is 0 Å². The van der Waals surface area contributed by atoms with E-state index in [9.17, 15) is 17.2 Å². The number of nitrogens with two attached hydrogens (primary N) is 1. The van der Waals surface area contributed by atoms with Crippen LogP contribution in [0.5, 0.6) is 0 Å². The van der Waals surface area contributed by atoms with Gasteiger partial charge in [0.1, 0.15) is 0 Å². The van der Waals surface area contributed by atoms with E-state index in [4.69, 9.17) is 5.73 Å². The Labute approximate surface area is 92.5 Å². The fourth-order valence-electron chi connectivity index (χ4n) is 1.60. The molecule has 0 aromatic rings. The van der Waals surface area contributed by atoms with Crippen molar-refractivity contribution in [2.75, 3.05) is 6.54 Å². The van der Waals surface area contributed by atoms with Gasteiger partial charge in [-0.05, 0) is 12.8 Å². The van der Waals surface area contributed by atoms with Crippen LogP contribution in [0.15, 0.2) is 0 Å². The van der Waals surface area contributed by atoms with E-state index in [0.717, 1.165) is 10.7 Å². The van der Waals surface area contributed by atoms with Crippen LogP contribution in [0.25, 0.3) is 0 Å². The molecule has 0 aromatic heterocycles. The van der Waals surface area contributed by atoms with Gasteiger partial charge in [0, 0.05) is 6.54 Å². The third kappa shape index (κ3) is 2.61. The first-order valence-corrected chi connectivity index (χ1v) is 6.36. The lowest BCUT2D eigenvalue weighted by Gasteiger charge is -2.33. The van der Waals surface area contributed by atoms with Gasteiger partial charge in [0.25, 0.3) is 10.0 Å². The van der Waals surface area contributed by atoms with Gasteiger partial charge in [0.05, 0.1) is 11.0 Å². The molecule has 15 heavy (non-hydrogen) atoms. The molecule has 1 saturated heterocycles. The number of piperidine rings is 1. The zero-order valence-corrected chi connectivity index (χ0v) is 9.53. The maximum atomic E-state index is 12.3. The predicted octanol–water partition coefficient (Wildman–Crippen LogP) is 0.679. The molecule has 1 atom stereocenters. The standard InChI is InChI=1S/C7H12F2N2O2S2/c8-7(9)15(12,13)11-4-2-1-3-5(11)6(10)14/h5,7H,1-4H2,(H2,10,14). The maximum absolute atomic E-state index is 12.3. The first kappa shape index (κ1) is 12.7. The number of rotatable bonds is 3. The maximum Gasteiger partial charge on any atom is 0.350 e.